The van der Waals surface area contributed by atoms with E-state index >= 15 is 0 Å². The third-order valence-corrected chi connectivity index (χ3v) is 1.82. The lowest BCUT2D eigenvalue weighted by Gasteiger charge is -2.09. The third kappa shape index (κ3) is 1.96. The summed E-state index contributed by atoms with van der Waals surface area (Å²) < 4.78 is 0. The molecule has 1 rings (SSSR count). The summed E-state index contributed by atoms with van der Waals surface area (Å²) in [4.78, 5) is 0. The van der Waals surface area contributed by atoms with Gasteiger partial charge in [0.2, 0.25) is 0 Å². The molecule has 0 fully saturated rings. The number of rotatable bonds is 2. The first kappa shape index (κ1) is 9.52. The van der Waals surface area contributed by atoms with E-state index < -0.39 is 6.04 Å². The van der Waals surface area contributed by atoms with Crippen LogP contribution in [0.4, 0.5) is 5.69 Å². The van der Waals surface area contributed by atoms with Crippen LogP contribution in [0, 0.1) is 11.3 Å². The Morgan fingerprint density at radius 1 is 1.54 bits per heavy atom. The lowest BCUT2D eigenvalue weighted by atomic mass is 10.0. The molecule has 1 atom stereocenters. The molecule has 13 heavy (non-hydrogen) atoms. The van der Waals surface area contributed by atoms with Crippen LogP contribution in [0.3, 0.4) is 0 Å². The first-order valence-electron chi connectivity index (χ1n) is 3.85. The molecule has 0 spiro atoms. The number of benzene rings is 1. The summed E-state index contributed by atoms with van der Waals surface area (Å²) in [5, 5.41) is 17.4. The van der Waals surface area contributed by atoms with Gasteiger partial charge in [-0.1, -0.05) is 6.07 Å². The number of hydrogen-bond acceptors (Lipinski definition) is 4. The molecule has 0 bridgehead atoms. The van der Waals surface area contributed by atoms with Crippen molar-refractivity contribution in [3.05, 3.63) is 29.3 Å². The Labute approximate surface area is 76.4 Å². The van der Waals surface area contributed by atoms with Gasteiger partial charge in [-0.25, -0.2) is 0 Å². The van der Waals surface area contributed by atoms with Gasteiger partial charge in [-0.2, -0.15) is 5.26 Å². The van der Waals surface area contributed by atoms with Gasteiger partial charge in [0.05, 0.1) is 18.2 Å². The fraction of sp³-hybridized carbons (Fsp3) is 0.222. The number of anilines is 1. The molecule has 0 aromatic heterocycles. The quantitative estimate of drug-likeness (QED) is 0.559. The highest BCUT2D eigenvalue weighted by Crippen LogP contribution is 2.16. The van der Waals surface area contributed by atoms with Crippen LogP contribution in [-0.4, -0.2) is 11.7 Å². The van der Waals surface area contributed by atoms with Gasteiger partial charge in [0.15, 0.2) is 0 Å². The second-order valence-corrected chi connectivity index (χ2v) is 2.75. The van der Waals surface area contributed by atoms with Gasteiger partial charge < -0.3 is 16.6 Å². The summed E-state index contributed by atoms with van der Waals surface area (Å²) in [5.74, 6) is 0. The molecule has 0 radical (unpaired) electrons. The molecule has 0 unspecified atom stereocenters. The second-order valence-electron chi connectivity index (χ2n) is 2.75. The van der Waals surface area contributed by atoms with Crippen molar-refractivity contribution in [2.75, 3.05) is 12.3 Å². The van der Waals surface area contributed by atoms with Crippen molar-refractivity contribution in [3.8, 4) is 6.07 Å². The number of hydrogen-bond donors (Lipinski definition) is 3. The predicted octanol–water partition coefficient (Wildman–Crippen LogP) is 0.133. The van der Waals surface area contributed by atoms with Crippen molar-refractivity contribution in [2.45, 2.75) is 6.04 Å². The average Bonchev–Trinajstić information content (AvgIpc) is 2.17. The maximum atomic E-state index is 8.78. The fourth-order valence-electron chi connectivity index (χ4n) is 1.01. The molecule has 1 aromatic carbocycles. The van der Waals surface area contributed by atoms with E-state index in [-0.39, 0.29) is 6.61 Å². The zero-order chi connectivity index (χ0) is 9.84. The van der Waals surface area contributed by atoms with Crippen LogP contribution in [0.2, 0.25) is 0 Å². The molecule has 4 nitrogen and oxygen atoms in total. The molecule has 0 saturated carbocycles. The lowest BCUT2D eigenvalue weighted by molar-refractivity contribution is 0.268. The van der Waals surface area contributed by atoms with Crippen molar-refractivity contribution >= 4 is 5.69 Å². The summed E-state index contributed by atoms with van der Waals surface area (Å²) in [5.41, 5.74) is 12.6. The molecule has 1 aromatic rings. The molecule has 0 heterocycles. The van der Waals surface area contributed by atoms with Gasteiger partial charge in [-0.15, -0.1) is 0 Å². The molecule has 0 aliphatic heterocycles. The van der Waals surface area contributed by atoms with E-state index in [2.05, 4.69) is 0 Å². The predicted molar refractivity (Wildman–Crippen MR) is 49.6 cm³/mol. The first-order valence-corrected chi connectivity index (χ1v) is 3.85. The van der Waals surface area contributed by atoms with Crippen molar-refractivity contribution in [3.63, 3.8) is 0 Å². The van der Waals surface area contributed by atoms with Gasteiger partial charge in [0.25, 0.3) is 0 Å². The Balaban J connectivity index is 3.08. The average molecular weight is 177 g/mol. The Bertz CT molecular complexity index is 343. The van der Waals surface area contributed by atoms with E-state index in [0.29, 0.717) is 16.8 Å². The Morgan fingerprint density at radius 2 is 2.23 bits per heavy atom. The van der Waals surface area contributed by atoms with Gasteiger partial charge in [-0.05, 0) is 17.7 Å². The number of nitrogens with zero attached hydrogens (tertiary/aromatic N) is 1. The minimum atomic E-state index is -0.451. The summed E-state index contributed by atoms with van der Waals surface area (Å²) in [6, 6.07) is 6.41. The van der Waals surface area contributed by atoms with Gasteiger partial charge in [-0.3, -0.25) is 0 Å². The molecular formula is C9H11N3O. The topological polar surface area (TPSA) is 96.1 Å². The SMILES string of the molecule is N#Cc1cc([C@H](N)CO)ccc1N. The number of nitriles is 1. The Morgan fingerprint density at radius 3 is 2.77 bits per heavy atom. The number of nitrogen functional groups attached to an aromatic ring is 1. The summed E-state index contributed by atoms with van der Waals surface area (Å²) in [6.07, 6.45) is 0. The van der Waals surface area contributed by atoms with Crippen molar-refractivity contribution in [2.24, 2.45) is 5.73 Å². The molecule has 0 saturated heterocycles. The van der Waals surface area contributed by atoms with Crippen LogP contribution in [0.15, 0.2) is 18.2 Å². The number of aliphatic hydroxyl groups is 1. The van der Waals surface area contributed by atoms with E-state index in [4.69, 9.17) is 21.8 Å². The van der Waals surface area contributed by atoms with Crippen LogP contribution in [0.1, 0.15) is 17.2 Å². The van der Waals surface area contributed by atoms with Crippen LogP contribution < -0.4 is 11.5 Å². The highest BCUT2D eigenvalue weighted by atomic mass is 16.3. The Kier molecular flexibility index (Phi) is 2.85. The maximum absolute atomic E-state index is 8.78. The molecule has 0 amide bonds. The van der Waals surface area contributed by atoms with Crippen LogP contribution in [0.25, 0.3) is 0 Å². The zero-order valence-electron chi connectivity index (χ0n) is 7.07. The zero-order valence-corrected chi connectivity index (χ0v) is 7.07. The van der Waals surface area contributed by atoms with E-state index in [1.165, 1.54) is 0 Å². The molecule has 0 aliphatic rings. The van der Waals surface area contributed by atoms with E-state index in [1.807, 2.05) is 6.07 Å². The first-order chi connectivity index (χ1) is 6.19. The normalized spacial score (nSPS) is 12.1. The highest BCUT2D eigenvalue weighted by molar-refractivity contribution is 5.55. The second kappa shape index (κ2) is 3.90. The van der Waals surface area contributed by atoms with Crippen molar-refractivity contribution in [1.82, 2.24) is 0 Å². The monoisotopic (exact) mass is 177 g/mol. The van der Waals surface area contributed by atoms with Gasteiger partial charge >= 0.3 is 0 Å². The summed E-state index contributed by atoms with van der Waals surface area (Å²) in [7, 11) is 0. The van der Waals surface area contributed by atoms with E-state index in [9.17, 15) is 0 Å². The summed E-state index contributed by atoms with van der Waals surface area (Å²) in [6.45, 7) is -0.144. The van der Waals surface area contributed by atoms with Gasteiger partial charge in [0.1, 0.15) is 6.07 Å². The van der Waals surface area contributed by atoms with Crippen LogP contribution in [0.5, 0.6) is 0 Å². The van der Waals surface area contributed by atoms with Crippen molar-refractivity contribution < 1.29 is 5.11 Å². The third-order valence-electron chi connectivity index (χ3n) is 1.82. The van der Waals surface area contributed by atoms with Crippen LogP contribution >= 0.6 is 0 Å². The summed E-state index contributed by atoms with van der Waals surface area (Å²) >= 11 is 0. The number of nitrogens with two attached hydrogens (primary N) is 2. The van der Waals surface area contributed by atoms with Crippen LogP contribution in [-0.2, 0) is 0 Å². The smallest absolute Gasteiger partial charge is 0.101 e. The fourth-order valence-corrected chi connectivity index (χ4v) is 1.01. The number of aliphatic hydroxyl groups excluding tert-OH is 1. The molecule has 68 valence electrons. The maximum Gasteiger partial charge on any atom is 0.101 e. The Hall–Kier alpha value is -1.57. The highest BCUT2D eigenvalue weighted by Gasteiger charge is 2.06. The molecular weight excluding hydrogens is 166 g/mol. The molecule has 5 N–H and O–H groups in total. The van der Waals surface area contributed by atoms with E-state index in [1.54, 1.807) is 18.2 Å². The molecule has 4 heteroatoms. The largest absolute Gasteiger partial charge is 0.398 e. The lowest BCUT2D eigenvalue weighted by Crippen LogP contribution is -2.14. The van der Waals surface area contributed by atoms with Gasteiger partial charge in [0, 0.05) is 5.69 Å². The minimum Gasteiger partial charge on any atom is -0.398 e. The van der Waals surface area contributed by atoms with E-state index in [0.717, 1.165) is 0 Å². The minimum absolute atomic E-state index is 0.144. The standard InChI is InChI=1S/C9H11N3O/c10-4-7-3-6(9(12)5-13)1-2-8(7)11/h1-3,9,13H,5,11-12H2/t9-/m1/s1. The van der Waals surface area contributed by atoms with Crippen molar-refractivity contribution in [1.29, 1.82) is 5.26 Å². The molecule has 0 aliphatic carbocycles.